The summed E-state index contributed by atoms with van der Waals surface area (Å²) in [6, 6.07) is 6.91. The number of carbonyl (C=O) groups is 2. The monoisotopic (exact) mass is 247 g/mol. The third kappa shape index (κ3) is 3.69. The zero-order valence-electron chi connectivity index (χ0n) is 11.7. The molecule has 0 spiro atoms. The highest BCUT2D eigenvalue weighted by Crippen LogP contribution is 2.23. The third-order valence-electron chi connectivity index (χ3n) is 2.81. The number of Topliss-reactive ketones (excluding diaryl/α,β-unsaturated/α-hetero) is 1. The summed E-state index contributed by atoms with van der Waals surface area (Å²) >= 11 is 0. The molecule has 98 valence electrons. The van der Waals surface area contributed by atoms with Crippen molar-refractivity contribution in [3.8, 4) is 0 Å². The summed E-state index contributed by atoms with van der Waals surface area (Å²) < 4.78 is 0. The molecular formula is C15H21NO2. The topological polar surface area (TPSA) is 46.2 Å². The largest absolute Gasteiger partial charge is 0.346 e. The summed E-state index contributed by atoms with van der Waals surface area (Å²) in [7, 11) is 0. The summed E-state index contributed by atoms with van der Waals surface area (Å²) in [5.74, 6) is -0.229. The average Bonchev–Trinajstić information content (AvgIpc) is 2.24. The smallest absolute Gasteiger partial charge is 0.217 e. The van der Waals surface area contributed by atoms with E-state index in [0.717, 1.165) is 5.56 Å². The molecule has 1 amide bonds. The maximum Gasteiger partial charge on any atom is 0.217 e. The molecular weight excluding hydrogens is 226 g/mol. The van der Waals surface area contributed by atoms with Crippen molar-refractivity contribution in [2.75, 3.05) is 0 Å². The molecule has 3 heteroatoms. The van der Waals surface area contributed by atoms with Crippen molar-refractivity contribution in [1.82, 2.24) is 5.32 Å². The first kappa shape index (κ1) is 14.4. The highest BCUT2D eigenvalue weighted by atomic mass is 16.2. The van der Waals surface area contributed by atoms with Gasteiger partial charge >= 0.3 is 0 Å². The number of hydrogen-bond acceptors (Lipinski definition) is 2. The van der Waals surface area contributed by atoms with Crippen LogP contribution in [-0.2, 0) is 4.79 Å². The van der Waals surface area contributed by atoms with Gasteiger partial charge in [0.25, 0.3) is 0 Å². The predicted octanol–water partition coefficient (Wildman–Crippen LogP) is 2.73. The number of ketones is 1. The van der Waals surface area contributed by atoms with Crippen LogP contribution in [0.25, 0.3) is 0 Å². The maximum atomic E-state index is 12.4. The first-order chi connectivity index (χ1) is 8.21. The lowest BCUT2D eigenvalue weighted by Gasteiger charge is -2.30. The highest BCUT2D eigenvalue weighted by Gasteiger charge is 2.32. The van der Waals surface area contributed by atoms with Gasteiger partial charge < -0.3 is 5.32 Å². The van der Waals surface area contributed by atoms with Crippen LogP contribution in [0.5, 0.6) is 0 Å². The quantitative estimate of drug-likeness (QED) is 0.835. The lowest BCUT2D eigenvalue weighted by Crippen LogP contribution is -2.48. The number of hydrogen-bond donors (Lipinski definition) is 1. The number of nitrogens with one attached hydrogen (secondary N) is 1. The zero-order valence-corrected chi connectivity index (χ0v) is 11.7. The normalized spacial score (nSPS) is 12.9. The molecule has 0 heterocycles. The number of amides is 1. The molecule has 0 bridgehead atoms. The Morgan fingerprint density at radius 3 is 2.00 bits per heavy atom. The molecule has 0 saturated carbocycles. The zero-order chi connectivity index (χ0) is 13.9. The van der Waals surface area contributed by atoms with Crippen molar-refractivity contribution in [2.24, 2.45) is 5.41 Å². The number of carbonyl (C=O) groups excluding carboxylic acids is 2. The van der Waals surface area contributed by atoms with Crippen LogP contribution in [0.1, 0.15) is 43.6 Å². The second-order valence-corrected chi connectivity index (χ2v) is 5.73. The Morgan fingerprint density at radius 2 is 1.61 bits per heavy atom. The molecule has 0 saturated heterocycles. The number of aryl methyl sites for hydroxylation is 1. The number of rotatable bonds is 3. The Kier molecular flexibility index (Phi) is 4.28. The Labute approximate surface area is 109 Å². The van der Waals surface area contributed by atoms with Gasteiger partial charge in [-0.3, -0.25) is 9.59 Å². The van der Waals surface area contributed by atoms with E-state index in [2.05, 4.69) is 5.32 Å². The fourth-order valence-electron chi connectivity index (χ4n) is 1.76. The molecule has 1 N–H and O–H groups in total. The molecule has 0 aromatic heterocycles. The first-order valence-corrected chi connectivity index (χ1v) is 6.10. The van der Waals surface area contributed by atoms with Gasteiger partial charge in [0.2, 0.25) is 5.91 Å². The van der Waals surface area contributed by atoms with Gasteiger partial charge in [-0.1, -0.05) is 50.6 Å². The van der Waals surface area contributed by atoms with E-state index in [1.165, 1.54) is 6.92 Å². The van der Waals surface area contributed by atoms with E-state index in [4.69, 9.17) is 0 Å². The molecule has 0 aliphatic carbocycles. The lowest BCUT2D eigenvalue weighted by molar-refractivity contribution is -0.120. The summed E-state index contributed by atoms with van der Waals surface area (Å²) in [5.41, 5.74) is 1.43. The minimum atomic E-state index is -0.502. The molecule has 0 radical (unpaired) electrons. The van der Waals surface area contributed by atoms with Gasteiger partial charge in [0, 0.05) is 12.5 Å². The Morgan fingerprint density at radius 1 is 1.11 bits per heavy atom. The van der Waals surface area contributed by atoms with Gasteiger partial charge in [-0.15, -0.1) is 0 Å². The molecule has 0 aliphatic heterocycles. The molecule has 1 atom stereocenters. The fraction of sp³-hybridized carbons (Fsp3) is 0.467. The fourth-order valence-corrected chi connectivity index (χ4v) is 1.76. The second-order valence-electron chi connectivity index (χ2n) is 5.73. The Balaban J connectivity index is 3.02. The van der Waals surface area contributed by atoms with Crippen LogP contribution in [0.3, 0.4) is 0 Å². The molecule has 18 heavy (non-hydrogen) atoms. The predicted molar refractivity (Wildman–Crippen MR) is 72.6 cm³/mol. The summed E-state index contributed by atoms with van der Waals surface area (Å²) in [4.78, 5) is 23.7. The van der Waals surface area contributed by atoms with Crippen molar-refractivity contribution < 1.29 is 9.59 Å². The van der Waals surface area contributed by atoms with Crippen molar-refractivity contribution in [3.63, 3.8) is 0 Å². The third-order valence-corrected chi connectivity index (χ3v) is 2.81. The molecule has 1 unspecified atom stereocenters. The maximum absolute atomic E-state index is 12.4. The van der Waals surface area contributed by atoms with E-state index in [9.17, 15) is 9.59 Å². The van der Waals surface area contributed by atoms with Gasteiger partial charge in [0.15, 0.2) is 5.78 Å². The Hall–Kier alpha value is -1.64. The SMILES string of the molecule is CC(=O)NC(C(=O)c1ccc(C)cc1)C(C)(C)C. The minimum absolute atomic E-state index is 0.0438. The van der Waals surface area contributed by atoms with E-state index < -0.39 is 6.04 Å². The van der Waals surface area contributed by atoms with Crippen LogP contribution in [-0.4, -0.2) is 17.7 Å². The highest BCUT2D eigenvalue weighted by molar-refractivity contribution is 6.02. The summed E-state index contributed by atoms with van der Waals surface area (Å²) in [6.07, 6.45) is 0. The summed E-state index contributed by atoms with van der Waals surface area (Å²) in [5, 5.41) is 2.74. The van der Waals surface area contributed by atoms with Crippen LogP contribution in [0.15, 0.2) is 24.3 Å². The Bertz CT molecular complexity index is 441. The number of benzene rings is 1. The molecule has 1 rings (SSSR count). The van der Waals surface area contributed by atoms with Gasteiger partial charge in [-0.25, -0.2) is 0 Å². The van der Waals surface area contributed by atoms with Gasteiger partial charge in [0.1, 0.15) is 0 Å². The first-order valence-electron chi connectivity index (χ1n) is 6.10. The standard InChI is InChI=1S/C15H21NO2/c1-10-6-8-12(9-7-10)13(18)14(15(3,4)5)16-11(2)17/h6-9,14H,1-5H3,(H,16,17). The van der Waals surface area contributed by atoms with Crippen LogP contribution >= 0.6 is 0 Å². The molecule has 1 aromatic rings. The van der Waals surface area contributed by atoms with Crippen LogP contribution < -0.4 is 5.32 Å². The second kappa shape index (κ2) is 5.34. The van der Waals surface area contributed by atoms with Crippen molar-refractivity contribution in [1.29, 1.82) is 0 Å². The van der Waals surface area contributed by atoms with E-state index in [-0.39, 0.29) is 17.1 Å². The van der Waals surface area contributed by atoms with Crippen molar-refractivity contribution in [3.05, 3.63) is 35.4 Å². The van der Waals surface area contributed by atoms with Gasteiger partial charge in [-0.2, -0.15) is 0 Å². The van der Waals surface area contributed by atoms with Gasteiger partial charge in [0.05, 0.1) is 6.04 Å². The van der Waals surface area contributed by atoms with E-state index >= 15 is 0 Å². The summed E-state index contributed by atoms with van der Waals surface area (Å²) in [6.45, 7) is 9.24. The van der Waals surface area contributed by atoms with Gasteiger partial charge in [-0.05, 0) is 12.3 Å². The van der Waals surface area contributed by atoms with Crippen molar-refractivity contribution >= 4 is 11.7 Å². The molecule has 0 aliphatic rings. The van der Waals surface area contributed by atoms with Crippen LogP contribution in [0.4, 0.5) is 0 Å². The minimum Gasteiger partial charge on any atom is -0.346 e. The molecule has 1 aromatic carbocycles. The van der Waals surface area contributed by atoms with E-state index in [1.54, 1.807) is 12.1 Å². The van der Waals surface area contributed by atoms with E-state index in [1.807, 2.05) is 39.8 Å². The molecule has 3 nitrogen and oxygen atoms in total. The van der Waals surface area contributed by atoms with Crippen molar-refractivity contribution in [2.45, 2.75) is 40.7 Å². The van der Waals surface area contributed by atoms with E-state index in [0.29, 0.717) is 5.56 Å². The van der Waals surface area contributed by atoms with Crippen LogP contribution in [0, 0.1) is 12.3 Å². The van der Waals surface area contributed by atoms with Crippen LogP contribution in [0.2, 0.25) is 0 Å². The molecule has 0 fully saturated rings. The average molecular weight is 247 g/mol. The lowest BCUT2D eigenvalue weighted by atomic mass is 9.82.